The minimum Gasteiger partial charge on any atom is -0.495 e. The molecule has 1 atom stereocenters. The van der Waals surface area contributed by atoms with Crippen molar-refractivity contribution >= 4 is 0 Å². The number of rotatable bonds is 4. The fourth-order valence-corrected chi connectivity index (χ4v) is 2.24. The number of allylic oxidation sites excluding steroid dienone is 1. The first-order chi connectivity index (χ1) is 8.29. The zero-order valence-corrected chi connectivity index (χ0v) is 10.4. The lowest BCUT2D eigenvalue weighted by molar-refractivity contribution is 0.411. The largest absolute Gasteiger partial charge is 0.495 e. The minimum atomic E-state index is 0.0296. The standard InChI is InChI=1S/C14H20N2O/c1-17-13-8-12(9-16-10-13)14(15)7-11-5-3-2-4-6-11/h5,8-10,14H,2-4,6-7,15H2,1H3. The first kappa shape index (κ1) is 12.1. The number of aromatic nitrogens is 1. The molecule has 0 saturated heterocycles. The third kappa shape index (κ3) is 3.30. The van der Waals surface area contributed by atoms with Crippen molar-refractivity contribution in [3.63, 3.8) is 0 Å². The Morgan fingerprint density at radius 2 is 2.29 bits per heavy atom. The van der Waals surface area contributed by atoms with Crippen molar-refractivity contribution in [3.05, 3.63) is 35.7 Å². The summed E-state index contributed by atoms with van der Waals surface area (Å²) >= 11 is 0. The summed E-state index contributed by atoms with van der Waals surface area (Å²) in [4.78, 5) is 4.15. The quantitative estimate of drug-likeness (QED) is 0.812. The molecule has 0 aromatic carbocycles. The number of hydrogen-bond donors (Lipinski definition) is 1. The number of ether oxygens (including phenoxy) is 1. The maximum atomic E-state index is 6.21. The fraction of sp³-hybridized carbons (Fsp3) is 0.500. The average Bonchev–Trinajstić information content (AvgIpc) is 2.40. The van der Waals surface area contributed by atoms with Crippen LogP contribution in [0.4, 0.5) is 0 Å². The molecular weight excluding hydrogens is 212 g/mol. The molecule has 0 spiro atoms. The highest BCUT2D eigenvalue weighted by Crippen LogP contribution is 2.27. The Kier molecular flexibility index (Phi) is 4.15. The van der Waals surface area contributed by atoms with E-state index in [9.17, 15) is 0 Å². The second-order valence-electron chi connectivity index (χ2n) is 4.58. The van der Waals surface area contributed by atoms with E-state index in [0.717, 1.165) is 17.7 Å². The van der Waals surface area contributed by atoms with Gasteiger partial charge in [-0.25, -0.2) is 0 Å². The summed E-state index contributed by atoms with van der Waals surface area (Å²) in [5.74, 6) is 0.774. The van der Waals surface area contributed by atoms with Gasteiger partial charge in [-0.1, -0.05) is 11.6 Å². The Morgan fingerprint density at radius 1 is 1.41 bits per heavy atom. The Bertz CT molecular complexity index is 401. The number of hydrogen-bond acceptors (Lipinski definition) is 3. The van der Waals surface area contributed by atoms with Crippen LogP contribution in [0.25, 0.3) is 0 Å². The summed E-state index contributed by atoms with van der Waals surface area (Å²) in [6, 6.07) is 2.00. The topological polar surface area (TPSA) is 48.1 Å². The van der Waals surface area contributed by atoms with E-state index in [-0.39, 0.29) is 6.04 Å². The summed E-state index contributed by atoms with van der Waals surface area (Å²) in [6.45, 7) is 0. The molecule has 1 aromatic rings. The molecule has 3 heteroatoms. The van der Waals surface area contributed by atoms with E-state index in [1.165, 1.54) is 31.3 Å². The molecule has 0 aliphatic heterocycles. The lowest BCUT2D eigenvalue weighted by Gasteiger charge is -2.17. The first-order valence-electron chi connectivity index (χ1n) is 6.22. The second kappa shape index (κ2) is 5.82. The molecule has 0 bridgehead atoms. The van der Waals surface area contributed by atoms with Crippen LogP contribution in [0.5, 0.6) is 5.75 Å². The Balaban J connectivity index is 2.03. The summed E-state index contributed by atoms with van der Waals surface area (Å²) < 4.78 is 5.16. The molecule has 0 amide bonds. The highest BCUT2D eigenvalue weighted by atomic mass is 16.5. The van der Waals surface area contributed by atoms with Gasteiger partial charge >= 0.3 is 0 Å². The third-order valence-electron chi connectivity index (χ3n) is 3.27. The van der Waals surface area contributed by atoms with Crippen LogP contribution in [0.15, 0.2) is 30.1 Å². The van der Waals surface area contributed by atoms with Gasteiger partial charge in [-0.05, 0) is 43.7 Å². The lowest BCUT2D eigenvalue weighted by atomic mass is 9.92. The predicted molar refractivity (Wildman–Crippen MR) is 68.9 cm³/mol. The molecule has 2 N–H and O–H groups in total. The van der Waals surface area contributed by atoms with Gasteiger partial charge in [0.2, 0.25) is 0 Å². The van der Waals surface area contributed by atoms with Crippen LogP contribution in [0.3, 0.4) is 0 Å². The van der Waals surface area contributed by atoms with Crippen LogP contribution >= 0.6 is 0 Å². The van der Waals surface area contributed by atoms with E-state index in [4.69, 9.17) is 10.5 Å². The van der Waals surface area contributed by atoms with Crippen LogP contribution in [0.1, 0.15) is 43.7 Å². The molecule has 1 aliphatic rings. The van der Waals surface area contributed by atoms with Crippen molar-refractivity contribution in [1.82, 2.24) is 4.98 Å². The van der Waals surface area contributed by atoms with Crippen LogP contribution in [-0.4, -0.2) is 12.1 Å². The smallest absolute Gasteiger partial charge is 0.137 e. The maximum Gasteiger partial charge on any atom is 0.137 e. The molecule has 1 aliphatic carbocycles. The second-order valence-corrected chi connectivity index (χ2v) is 4.58. The van der Waals surface area contributed by atoms with Crippen molar-refractivity contribution < 1.29 is 4.74 Å². The van der Waals surface area contributed by atoms with E-state index in [1.54, 1.807) is 13.3 Å². The van der Waals surface area contributed by atoms with Crippen molar-refractivity contribution in [2.75, 3.05) is 7.11 Å². The molecule has 92 valence electrons. The van der Waals surface area contributed by atoms with Gasteiger partial charge in [0.15, 0.2) is 0 Å². The van der Waals surface area contributed by atoms with Gasteiger partial charge in [-0.3, -0.25) is 4.98 Å². The SMILES string of the molecule is COc1cncc(C(N)CC2=CCCCC2)c1. The third-order valence-corrected chi connectivity index (χ3v) is 3.27. The highest BCUT2D eigenvalue weighted by molar-refractivity contribution is 5.27. The van der Waals surface area contributed by atoms with Gasteiger partial charge in [0.1, 0.15) is 5.75 Å². The number of pyridine rings is 1. The minimum absolute atomic E-state index is 0.0296. The first-order valence-corrected chi connectivity index (χ1v) is 6.22. The maximum absolute atomic E-state index is 6.21. The zero-order valence-electron chi connectivity index (χ0n) is 10.4. The summed E-state index contributed by atoms with van der Waals surface area (Å²) in [7, 11) is 1.65. The van der Waals surface area contributed by atoms with Crippen molar-refractivity contribution in [2.45, 2.75) is 38.1 Å². The predicted octanol–water partition coefficient (Wildman–Crippen LogP) is 2.98. The molecule has 1 heterocycles. The van der Waals surface area contributed by atoms with Crippen molar-refractivity contribution in [3.8, 4) is 5.75 Å². The van der Waals surface area contributed by atoms with E-state index in [0.29, 0.717) is 0 Å². The molecule has 1 aromatic heterocycles. The Morgan fingerprint density at radius 3 is 3.00 bits per heavy atom. The number of nitrogens with zero attached hydrogens (tertiary/aromatic N) is 1. The number of methoxy groups -OCH3 is 1. The number of nitrogens with two attached hydrogens (primary N) is 1. The van der Waals surface area contributed by atoms with Gasteiger partial charge in [-0.15, -0.1) is 0 Å². The van der Waals surface area contributed by atoms with Crippen LogP contribution in [-0.2, 0) is 0 Å². The Labute approximate surface area is 103 Å². The summed E-state index contributed by atoms with van der Waals surface area (Å²) in [5.41, 5.74) is 8.76. The molecule has 2 rings (SSSR count). The van der Waals surface area contributed by atoms with Crippen molar-refractivity contribution in [2.24, 2.45) is 5.73 Å². The molecule has 0 saturated carbocycles. The molecule has 0 radical (unpaired) electrons. The summed E-state index contributed by atoms with van der Waals surface area (Å²) in [5, 5.41) is 0. The lowest BCUT2D eigenvalue weighted by Crippen LogP contribution is -2.12. The average molecular weight is 232 g/mol. The van der Waals surface area contributed by atoms with Gasteiger partial charge in [0.05, 0.1) is 13.3 Å². The monoisotopic (exact) mass is 232 g/mol. The molecule has 17 heavy (non-hydrogen) atoms. The van der Waals surface area contributed by atoms with Crippen LogP contribution < -0.4 is 10.5 Å². The zero-order chi connectivity index (χ0) is 12.1. The van der Waals surface area contributed by atoms with E-state index >= 15 is 0 Å². The van der Waals surface area contributed by atoms with E-state index in [2.05, 4.69) is 11.1 Å². The highest BCUT2D eigenvalue weighted by Gasteiger charge is 2.12. The normalized spacial score (nSPS) is 17.4. The molecular formula is C14H20N2O. The molecule has 3 nitrogen and oxygen atoms in total. The fourth-order valence-electron chi connectivity index (χ4n) is 2.24. The van der Waals surface area contributed by atoms with E-state index in [1.807, 2.05) is 12.3 Å². The van der Waals surface area contributed by atoms with Gasteiger partial charge in [-0.2, -0.15) is 0 Å². The molecule has 0 fully saturated rings. The van der Waals surface area contributed by atoms with Crippen LogP contribution in [0.2, 0.25) is 0 Å². The van der Waals surface area contributed by atoms with Gasteiger partial charge < -0.3 is 10.5 Å². The van der Waals surface area contributed by atoms with Gasteiger partial charge in [0, 0.05) is 12.2 Å². The van der Waals surface area contributed by atoms with Gasteiger partial charge in [0.25, 0.3) is 0 Å². The molecule has 1 unspecified atom stereocenters. The van der Waals surface area contributed by atoms with Crippen LogP contribution in [0, 0.1) is 0 Å². The summed E-state index contributed by atoms with van der Waals surface area (Å²) in [6.07, 6.45) is 11.8. The van der Waals surface area contributed by atoms with E-state index < -0.39 is 0 Å². The Hall–Kier alpha value is -1.35. The van der Waals surface area contributed by atoms with Crippen molar-refractivity contribution in [1.29, 1.82) is 0 Å².